The number of carbonyl (C=O) groups is 1. The topological polar surface area (TPSA) is 88.5 Å². The van der Waals surface area contributed by atoms with Gasteiger partial charge in [-0.3, -0.25) is 4.79 Å². The average Bonchev–Trinajstić information content (AvgIpc) is 3.22. The number of aromatic amines is 1. The first-order valence-corrected chi connectivity index (χ1v) is 8.66. The van der Waals surface area contributed by atoms with Gasteiger partial charge in [0.2, 0.25) is 0 Å². The molecule has 27 heavy (non-hydrogen) atoms. The molecule has 7 nitrogen and oxygen atoms in total. The van der Waals surface area contributed by atoms with Crippen LogP contribution in [-0.4, -0.2) is 31.1 Å². The van der Waals surface area contributed by atoms with Crippen molar-refractivity contribution in [2.24, 2.45) is 0 Å². The van der Waals surface area contributed by atoms with E-state index >= 15 is 0 Å². The Labute approximate surface area is 153 Å². The molecule has 1 aliphatic rings. The lowest BCUT2D eigenvalue weighted by Gasteiger charge is -2.07. The van der Waals surface area contributed by atoms with E-state index in [1.54, 1.807) is 18.2 Å². The molecule has 2 aromatic heterocycles. The molecule has 5 rings (SSSR count). The van der Waals surface area contributed by atoms with Crippen LogP contribution in [0.15, 0.2) is 48.5 Å². The number of anilines is 1. The van der Waals surface area contributed by atoms with E-state index in [2.05, 4.69) is 25.8 Å². The van der Waals surface area contributed by atoms with Gasteiger partial charge in [0.25, 0.3) is 5.91 Å². The number of hydrogen-bond donors (Lipinski definition) is 2. The van der Waals surface area contributed by atoms with Crippen LogP contribution in [0.3, 0.4) is 0 Å². The lowest BCUT2D eigenvalue weighted by Crippen LogP contribution is -2.12. The largest absolute Gasteiger partial charge is 0.350 e. The Morgan fingerprint density at radius 3 is 2.85 bits per heavy atom. The Morgan fingerprint density at radius 2 is 2.04 bits per heavy atom. The van der Waals surface area contributed by atoms with Crippen LogP contribution in [0.4, 0.5) is 10.1 Å². The van der Waals surface area contributed by atoms with Crippen LogP contribution >= 0.6 is 0 Å². The van der Waals surface area contributed by atoms with Crippen molar-refractivity contribution in [2.75, 3.05) is 5.32 Å². The molecule has 8 heteroatoms. The summed E-state index contributed by atoms with van der Waals surface area (Å²) < 4.78 is 15.7. The van der Waals surface area contributed by atoms with Gasteiger partial charge in [-0.15, -0.1) is 5.10 Å². The van der Waals surface area contributed by atoms with E-state index in [1.165, 1.54) is 12.1 Å². The number of rotatable bonds is 4. The molecule has 0 saturated heterocycles. The summed E-state index contributed by atoms with van der Waals surface area (Å²) in [6.07, 6.45) is 2.15. The van der Waals surface area contributed by atoms with Crippen LogP contribution in [-0.2, 0) is 0 Å². The van der Waals surface area contributed by atoms with Gasteiger partial charge in [-0.05, 0) is 53.6 Å². The molecule has 0 spiro atoms. The zero-order valence-electron chi connectivity index (χ0n) is 14.2. The summed E-state index contributed by atoms with van der Waals surface area (Å²) in [4.78, 5) is 15.5. The monoisotopic (exact) mass is 362 g/mol. The lowest BCUT2D eigenvalue weighted by molar-refractivity contribution is 0.102. The van der Waals surface area contributed by atoms with Gasteiger partial charge in [-0.25, -0.2) is 9.07 Å². The van der Waals surface area contributed by atoms with Crippen molar-refractivity contribution in [1.29, 1.82) is 0 Å². The molecule has 2 heterocycles. The van der Waals surface area contributed by atoms with Gasteiger partial charge in [0, 0.05) is 22.2 Å². The number of carbonyl (C=O) groups excluding carboxylic acids is 1. The molecule has 1 fully saturated rings. The number of tetrazole rings is 1. The second-order valence-electron chi connectivity index (χ2n) is 6.60. The van der Waals surface area contributed by atoms with Crippen LogP contribution in [0.25, 0.3) is 22.3 Å². The van der Waals surface area contributed by atoms with Gasteiger partial charge in [0.15, 0.2) is 5.82 Å². The molecule has 2 aromatic carbocycles. The molecule has 2 N–H and O–H groups in total. The Kier molecular flexibility index (Phi) is 3.49. The normalized spacial score (nSPS) is 13.8. The van der Waals surface area contributed by atoms with E-state index < -0.39 is 0 Å². The Morgan fingerprint density at radius 1 is 1.19 bits per heavy atom. The maximum atomic E-state index is 13.8. The van der Waals surface area contributed by atoms with Gasteiger partial charge in [-0.2, -0.15) is 0 Å². The standard InChI is InChI=1S/C19H15FN6O/c20-15-5-2-6-16-14(15)10-17(22-16)19(27)21-12-4-1-3-11(9-12)18-23-24-25-26(18)13-7-8-13/h1-6,9-10,13,22H,7-8H2,(H,21,27). The summed E-state index contributed by atoms with van der Waals surface area (Å²) in [6.45, 7) is 0. The fraction of sp³-hybridized carbons (Fsp3) is 0.158. The van der Waals surface area contributed by atoms with Crippen molar-refractivity contribution in [3.63, 3.8) is 0 Å². The molecular weight excluding hydrogens is 347 g/mol. The summed E-state index contributed by atoms with van der Waals surface area (Å²) in [5.74, 6) is -0.0254. The molecule has 1 amide bonds. The van der Waals surface area contributed by atoms with Crippen LogP contribution < -0.4 is 5.32 Å². The molecule has 0 atom stereocenters. The number of fused-ring (bicyclic) bond motifs is 1. The lowest BCUT2D eigenvalue weighted by atomic mass is 10.2. The van der Waals surface area contributed by atoms with E-state index in [4.69, 9.17) is 0 Å². The minimum atomic E-state index is -0.364. The summed E-state index contributed by atoms with van der Waals surface area (Å²) in [5, 5.41) is 15.1. The Bertz CT molecular complexity index is 1160. The molecule has 1 aliphatic carbocycles. The van der Waals surface area contributed by atoms with Gasteiger partial charge >= 0.3 is 0 Å². The molecule has 1 saturated carbocycles. The molecular formula is C19H15FN6O. The fourth-order valence-electron chi connectivity index (χ4n) is 3.12. The van der Waals surface area contributed by atoms with Crippen LogP contribution in [0.2, 0.25) is 0 Å². The van der Waals surface area contributed by atoms with Crippen molar-refractivity contribution in [3.05, 3.63) is 60.0 Å². The molecule has 134 valence electrons. The van der Waals surface area contributed by atoms with E-state index in [9.17, 15) is 9.18 Å². The average molecular weight is 362 g/mol. The highest BCUT2D eigenvalue weighted by Gasteiger charge is 2.28. The van der Waals surface area contributed by atoms with E-state index in [0.29, 0.717) is 34.2 Å². The maximum Gasteiger partial charge on any atom is 0.272 e. The smallest absolute Gasteiger partial charge is 0.272 e. The number of amides is 1. The summed E-state index contributed by atoms with van der Waals surface area (Å²) >= 11 is 0. The molecule has 0 unspecified atom stereocenters. The molecule has 4 aromatic rings. The van der Waals surface area contributed by atoms with Crippen molar-refractivity contribution >= 4 is 22.5 Å². The second kappa shape index (κ2) is 6.01. The fourth-order valence-corrected chi connectivity index (χ4v) is 3.12. The predicted molar refractivity (Wildman–Crippen MR) is 97.7 cm³/mol. The third-order valence-corrected chi connectivity index (χ3v) is 4.62. The third kappa shape index (κ3) is 2.84. The predicted octanol–water partition coefficient (Wildman–Crippen LogP) is 3.55. The Balaban J connectivity index is 1.42. The molecule has 0 aliphatic heterocycles. The molecule has 0 radical (unpaired) electrons. The highest BCUT2D eigenvalue weighted by atomic mass is 19.1. The van der Waals surface area contributed by atoms with E-state index in [0.717, 1.165) is 18.4 Å². The van der Waals surface area contributed by atoms with Crippen LogP contribution in [0.1, 0.15) is 29.4 Å². The number of nitrogens with zero attached hydrogens (tertiary/aromatic N) is 4. The first kappa shape index (κ1) is 15.7. The zero-order chi connectivity index (χ0) is 18.4. The minimum absolute atomic E-state index is 0.295. The minimum Gasteiger partial charge on any atom is -0.350 e. The number of benzene rings is 2. The quantitative estimate of drug-likeness (QED) is 0.581. The first-order chi connectivity index (χ1) is 13.2. The Hall–Kier alpha value is -3.55. The number of aromatic nitrogens is 5. The summed E-state index contributed by atoms with van der Waals surface area (Å²) in [7, 11) is 0. The van der Waals surface area contributed by atoms with E-state index in [1.807, 2.05) is 22.9 Å². The highest BCUT2D eigenvalue weighted by molar-refractivity contribution is 6.06. The SMILES string of the molecule is O=C(Nc1cccc(-c2nnnn2C2CC2)c1)c1cc2c(F)cccc2[nH]1. The van der Waals surface area contributed by atoms with Gasteiger partial charge in [0.1, 0.15) is 11.5 Å². The van der Waals surface area contributed by atoms with E-state index in [-0.39, 0.29) is 11.7 Å². The van der Waals surface area contributed by atoms with Gasteiger partial charge in [0.05, 0.1) is 6.04 Å². The van der Waals surface area contributed by atoms with Crippen molar-refractivity contribution in [1.82, 2.24) is 25.2 Å². The number of halogens is 1. The summed E-state index contributed by atoms with van der Waals surface area (Å²) in [6, 6.07) is 13.9. The van der Waals surface area contributed by atoms with Gasteiger partial charge in [-0.1, -0.05) is 18.2 Å². The maximum absolute atomic E-state index is 13.8. The van der Waals surface area contributed by atoms with Crippen molar-refractivity contribution in [2.45, 2.75) is 18.9 Å². The number of H-pyrrole nitrogens is 1. The highest BCUT2D eigenvalue weighted by Crippen LogP contribution is 2.36. The van der Waals surface area contributed by atoms with Crippen molar-refractivity contribution in [3.8, 4) is 11.4 Å². The summed E-state index contributed by atoms with van der Waals surface area (Å²) in [5.41, 5.74) is 2.31. The number of hydrogen-bond acceptors (Lipinski definition) is 4. The molecule has 0 bridgehead atoms. The van der Waals surface area contributed by atoms with Gasteiger partial charge < -0.3 is 10.3 Å². The zero-order valence-corrected chi connectivity index (χ0v) is 14.2. The van der Waals surface area contributed by atoms with Crippen LogP contribution in [0.5, 0.6) is 0 Å². The van der Waals surface area contributed by atoms with Crippen molar-refractivity contribution < 1.29 is 9.18 Å². The third-order valence-electron chi connectivity index (χ3n) is 4.62. The first-order valence-electron chi connectivity index (χ1n) is 8.66. The number of nitrogens with one attached hydrogen (secondary N) is 2. The second-order valence-corrected chi connectivity index (χ2v) is 6.60. The van der Waals surface area contributed by atoms with Crippen LogP contribution in [0, 0.1) is 5.82 Å².